The summed E-state index contributed by atoms with van der Waals surface area (Å²) in [6.07, 6.45) is 2.86. The second-order valence-corrected chi connectivity index (χ2v) is 5.54. The minimum Gasteiger partial charge on any atom is -0.345 e. The standard InChI is InChI=1S/C19H17FN4O/c1-13(14-6-3-2-4-7-14)23-18(25)15-11-21-19(22-12-15)24-17-9-5-8-16(20)10-17/h2-13H,1H3,(H,23,25)(H,21,22,24). The fourth-order valence-electron chi connectivity index (χ4n) is 2.31. The topological polar surface area (TPSA) is 66.9 Å². The maximum absolute atomic E-state index is 13.2. The number of aromatic nitrogens is 2. The van der Waals surface area contributed by atoms with E-state index in [0.717, 1.165) is 5.56 Å². The number of carbonyl (C=O) groups is 1. The summed E-state index contributed by atoms with van der Waals surface area (Å²) in [6, 6.07) is 15.5. The lowest BCUT2D eigenvalue weighted by Crippen LogP contribution is -2.26. The average Bonchev–Trinajstić information content (AvgIpc) is 2.63. The third-order valence-corrected chi connectivity index (χ3v) is 3.64. The van der Waals surface area contributed by atoms with Crippen LogP contribution in [0.4, 0.5) is 16.0 Å². The van der Waals surface area contributed by atoms with Crippen molar-refractivity contribution >= 4 is 17.5 Å². The number of nitrogens with one attached hydrogen (secondary N) is 2. The van der Waals surface area contributed by atoms with Gasteiger partial charge in [-0.15, -0.1) is 0 Å². The number of hydrogen-bond acceptors (Lipinski definition) is 4. The molecule has 0 aliphatic rings. The van der Waals surface area contributed by atoms with E-state index in [1.54, 1.807) is 12.1 Å². The molecule has 0 aliphatic heterocycles. The number of amides is 1. The van der Waals surface area contributed by atoms with E-state index in [-0.39, 0.29) is 17.8 Å². The van der Waals surface area contributed by atoms with E-state index in [9.17, 15) is 9.18 Å². The molecule has 1 aromatic heterocycles. The van der Waals surface area contributed by atoms with Crippen molar-refractivity contribution in [2.24, 2.45) is 0 Å². The lowest BCUT2D eigenvalue weighted by molar-refractivity contribution is 0.0939. The molecule has 0 saturated heterocycles. The Hall–Kier alpha value is -3.28. The Bertz CT molecular complexity index is 853. The van der Waals surface area contributed by atoms with Crippen LogP contribution in [0.5, 0.6) is 0 Å². The lowest BCUT2D eigenvalue weighted by Gasteiger charge is -2.14. The summed E-state index contributed by atoms with van der Waals surface area (Å²) in [5, 5.41) is 5.78. The van der Waals surface area contributed by atoms with Gasteiger partial charge in [0.2, 0.25) is 5.95 Å². The maximum atomic E-state index is 13.2. The van der Waals surface area contributed by atoms with Gasteiger partial charge >= 0.3 is 0 Å². The molecule has 0 fully saturated rings. The Labute approximate surface area is 145 Å². The third-order valence-electron chi connectivity index (χ3n) is 3.64. The summed E-state index contributed by atoms with van der Waals surface area (Å²) in [7, 11) is 0. The van der Waals surface area contributed by atoms with E-state index in [4.69, 9.17) is 0 Å². The van der Waals surface area contributed by atoms with Crippen LogP contribution in [0.25, 0.3) is 0 Å². The first-order chi connectivity index (χ1) is 12.1. The summed E-state index contributed by atoms with van der Waals surface area (Å²) in [4.78, 5) is 20.5. The van der Waals surface area contributed by atoms with Gasteiger partial charge in [-0.2, -0.15) is 0 Å². The third kappa shape index (κ3) is 4.38. The van der Waals surface area contributed by atoms with Gasteiger partial charge in [0, 0.05) is 18.1 Å². The predicted molar refractivity (Wildman–Crippen MR) is 94.0 cm³/mol. The molecule has 2 aromatic carbocycles. The van der Waals surface area contributed by atoms with Crippen molar-refractivity contribution in [2.75, 3.05) is 5.32 Å². The number of rotatable bonds is 5. The van der Waals surface area contributed by atoms with Crippen LogP contribution in [0.15, 0.2) is 67.0 Å². The zero-order chi connectivity index (χ0) is 17.6. The number of halogens is 1. The Balaban J connectivity index is 1.64. The van der Waals surface area contributed by atoms with Crippen LogP contribution in [-0.4, -0.2) is 15.9 Å². The van der Waals surface area contributed by atoms with Crippen molar-refractivity contribution in [1.29, 1.82) is 0 Å². The van der Waals surface area contributed by atoms with Gasteiger partial charge in [-0.3, -0.25) is 4.79 Å². The first-order valence-corrected chi connectivity index (χ1v) is 7.82. The molecule has 5 nitrogen and oxygen atoms in total. The van der Waals surface area contributed by atoms with Gasteiger partial charge in [0.25, 0.3) is 5.91 Å². The highest BCUT2D eigenvalue weighted by Crippen LogP contribution is 2.15. The smallest absolute Gasteiger partial charge is 0.254 e. The molecule has 3 aromatic rings. The van der Waals surface area contributed by atoms with Gasteiger partial charge in [0.1, 0.15) is 5.82 Å². The molecule has 0 radical (unpaired) electrons. The van der Waals surface area contributed by atoms with Gasteiger partial charge in [-0.1, -0.05) is 36.4 Å². The van der Waals surface area contributed by atoms with Gasteiger partial charge in [0.05, 0.1) is 11.6 Å². The van der Waals surface area contributed by atoms with Crippen molar-refractivity contribution in [2.45, 2.75) is 13.0 Å². The Kier molecular flexibility index (Phi) is 4.99. The lowest BCUT2D eigenvalue weighted by atomic mass is 10.1. The summed E-state index contributed by atoms with van der Waals surface area (Å²) in [6.45, 7) is 1.91. The molecule has 1 amide bonds. The first kappa shape index (κ1) is 16.6. The van der Waals surface area contributed by atoms with Crippen molar-refractivity contribution < 1.29 is 9.18 Å². The van der Waals surface area contributed by atoms with E-state index in [0.29, 0.717) is 17.2 Å². The molecular formula is C19H17FN4O. The number of carbonyl (C=O) groups excluding carboxylic acids is 1. The number of hydrogen-bond donors (Lipinski definition) is 2. The van der Waals surface area contributed by atoms with Crippen LogP contribution in [0.3, 0.4) is 0 Å². The molecule has 6 heteroatoms. The molecule has 1 atom stereocenters. The SMILES string of the molecule is CC(NC(=O)c1cnc(Nc2cccc(F)c2)nc1)c1ccccc1. The van der Waals surface area contributed by atoms with E-state index in [1.165, 1.54) is 24.5 Å². The van der Waals surface area contributed by atoms with Crippen molar-refractivity contribution in [3.8, 4) is 0 Å². The zero-order valence-corrected chi connectivity index (χ0v) is 13.6. The highest BCUT2D eigenvalue weighted by Gasteiger charge is 2.12. The van der Waals surface area contributed by atoms with Crippen molar-refractivity contribution in [1.82, 2.24) is 15.3 Å². The molecule has 1 heterocycles. The van der Waals surface area contributed by atoms with Crippen LogP contribution in [0.2, 0.25) is 0 Å². The summed E-state index contributed by atoms with van der Waals surface area (Å²) in [5.41, 5.74) is 1.91. The second-order valence-electron chi connectivity index (χ2n) is 5.54. The van der Waals surface area contributed by atoms with Crippen LogP contribution in [0.1, 0.15) is 28.9 Å². The summed E-state index contributed by atoms with van der Waals surface area (Å²) < 4.78 is 13.2. The summed E-state index contributed by atoms with van der Waals surface area (Å²) >= 11 is 0. The predicted octanol–water partition coefficient (Wildman–Crippen LogP) is 3.85. The maximum Gasteiger partial charge on any atom is 0.254 e. The molecule has 25 heavy (non-hydrogen) atoms. The second kappa shape index (κ2) is 7.53. The Morgan fingerprint density at radius 3 is 2.44 bits per heavy atom. The molecule has 3 rings (SSSR count). The highest BCUT2D eigenvalue weighted by atomic mass is 19.1. The van der Waals surface area contributed by atoms with E-state index >= 15 is 0 Å². The molecule has 0 aliphatic carbocycles. The van der Waals surface area contributed by atoms with Crippen LogP contribution in [-0.2, 0) is 0 Å². The van der Waals surface area contributed by atoms with Gasteiger partial charge in [-0.05, 0) is 30.7 Å². The number of benzene rings is 2. The van der Waals surface area contributed by atoms with Crippen LogP contribution < -0.4 is 10.6 Å². The molecule has 0 saturated carbocycles. The van der Waals surface area contributed by atoms with Crippen molar-refractivity contribution in [3.63, 3.8) is 0 Å². The molecule has 2 N–H and O–H groups in total. The molecule has 126 valence electrons. The molecular weight excluding hydrogens is 319 g/mol. The number of anilines is 2. The Morgan fingerprint density at radius 2 is 1.76 bits per heavy atom. The quantitative estimate of drug-likeness (QED) is 0.743. The first-order valence-electron chi connectivity index (χ1n) is 7.82. The molecule has 1 unspecified atom stereocenters. The normalized spacial score (nSPS) is 11.6. The summed E-state index contributed by atoms with van der Waals surface area (Å²) in [5.74, 6) is -0.317. The minimum absolute atomic E-state index is 0.126. The highest BCUT2D eigenvalue weighted by molar-refractivity contribution is 5.93. The minimum atomic E-state index is -0.351. The van der Waals surface area contributed by atoms with E-state index in [1.807, 2.05) is 37.3 Å². The average molecular weight is 336 g/mol. The molecule has 0 spiro atoms. The zero-order valence-electron chi connectivity index (χ0n) is 13.6. The van der Waals surface area contributed by atoms with Gasteiger partial charge in [0.15, 0.2) is 0 Å². The van der Waals surface area contributed by atoms with E-state index in [2.05, 4.69) is 20.6 Å². The largest absolute Gasteiger partial charge is 0.345 e. The monoisotopic (exact) mass is 336 g/mol. The fraction of sp³-hybridized carbons (Fsp3) is 0.105. The van der Waals surface area contributed by atoms with E-state index < -0.39 is 0 Å². The fourth-order valence-corrected chi connectivity index (χ4v) is 2.31. The van der Waals surface area contributed by atoms with Crippen LogP contribution >= 0.6 is 0 Å². The van der Waals surface area contributed by atoms with Gasteiger partial charge < -0.3 is 10.6 Å². The molecule has 0 bridgehead atoms. The Morgan fingerprint density at radius 1 is 1.04 bits per heavy atom. The van der Waals surface area contributed by atoms with Crippen LogP contribution in [0, 0.1) is 5.82 Å². The van der Waals surface area contributed by atoms with Crippen molar-refractivity contribution in [3.05, 3.63) is 83.9 Å². The van der Waals surface area contributed by atoms with Gasteiger partial charge in [-0.25, -0.2) is 14.4 Å². The number of nitrogens with zero attached hydrogens (tertiary/aromatic N) is 2.